The lowest BCUT2D eigenvalue weighted by molar-refractivity contribution is 0.338. The van der Waals surface area contributed by atoms with Gasteiger partial charge in [-0.2, -0.15) is 5.26 Å². The highest BCUT2D eigenvalue weighted by Crippen LogP contribution is 2.31. The molecule has 0 aromatic heterocycles. The average molecular weight is 366 g/mol. The summed E-state index contributed by atoms with van der Waals surface area (Å²) >= 11 is 0. The Morgan fingerprint density at radius 1 is 1.11 bits per heavy atom. The van der Waals surface area contributed by atoms with Gasteiger partial charge in [-0.05, 0) is 69.8 Å². The summed E-state index contributed by atoms with van der Waals surface area (Å²) in [5.74, 6) is 0.658. The van der Waals surface area contributed by atoms with Crippen molar-refractivity contribution in [2.45, 2.75) is 46.1 Å². The Morgan fingerprint density at radius 3 is 2.56 bits per heavy atom. The maximum atomic E-state index is 9.49. The molecule has 2 N–H and O–H groups in total. The normalized spacial score (nSPS) is 11.6. The van der Waals surface area contributed by atoms with E-state index in [9.17, 15) is 5.26 Å². The monoisotopic (exact) mass is 365 g/mol. The summed E-state index contributed by atoms with van der Waals surface area (Å²) in [6.45, 7) is 8.41. The number of nitriles is 1. The number of hydrogen-bond acceptors (Lipinski definition) is 4. The zero-order valence-electron chi connectivity index (χ0n) is 16.7. The molecular weight excluding hydrogens is 334 g/mol. The van der Waals surface area contributed by atoms with E-state index in [2.05, 4.69) is 60.0 Å². The van der Waals surface area contributed by atoms with Crippen molar-refractivity contribution in [1.29, 1.82) is 5.26 Å². The molecule has 0 saturated heterocycles. The van der Waals surface area contributed by atoms with Gasteiger partial charge in [-0.3, -0.25) is 0 Å². The van der Waals surface area contributed by atoms with Crippen molar-refractivity contribution in [2.24, 2.45) is 0 Å². The minimum Gasteiger partial charge on any atom is -0.492 e. The zero-order valence-corrected chi connectivity index (χ0v) is 16.7. The van der Waals surface area contributed by atoms with Crippen molar-refractivity contribution in [3.05, 3.63) is 59.2 Å². The zero-order chi connectivity index (χ0) is 19.5. The molecule has 0 fully saturated rings. The van der Waals surface area contributed by atoms with Crippen LogP contribution in [-0.4, -0.2) is 19.7 Å². The Bertz CT molecular complexity index is 710. The third kappa shape index (κ3) is 6.30. The van der Waals surface area contributed by atoms with Crippen LogP contribution in [0.4, 0.5) is 5.69 Å². The van der Waals surface area contributed by atoms with Crippen molar-refractivity contribution in [2.75, 3.05) is 25.0 Å². The fraction of sp³-hybridized carbons (Fsp3) is 0.435. The van der Waals surface area contributed by atoms with Crippen LogP contribution in [-0.2, 0) is 6.42 Å². The fourth-order valence-electron chi connectivity index (χ4n) is 3.14. The van der Waals surface area contributed by atoms with E-state index >= 15 is 0 Å². The van der Waals surface area contributed by atoms with Crippen LogP contribution in [0.3, 0.4) is 0 Å². The first kappa shape index (κ1) is 20.8. The van der Waals surface area contributed by atoms with E-state index in [4.69, 9.17) is 4.74 Å². The van der Waals surface area contributed by atoms with E-state index < -0.39 is 0 Å². The molecule has 0 aliphatic heterocycles. The highest BCUT2D eigenvalue weighted by atomic mass is 16.5. The van der Waals surface area contributed by atoms with Gasteiger partial charge < -0.3 is 15.4 Å². The van der Waals surface area contributed by atoms with Crippen LogP contribution < -0.4 is 15.4 Å². The maximum absolute atomic E-state index is 9.49. The minimum absolute atomic E-state index is 0.200. The van der Waals surface area contributed by atoms with Crippen LogP contribution in [0.5, 0.6) is 5.75 Å². The van der Waals surface area contributed by atoms with E-state index in [1.807, 2.05) is 19.9 Å². The van der Waals surface area contributed by atoms with Gasteiger partial charge in [0.2, 0.25) is 0 Å². The number of hydrogen-bond donors (Lipinski definition) is 2. The van der Waals surface area contributed by atoms with Crippen molar-refractivity contribution < 1.29 is 4.74 Å². The molecule has 2 aromatic carbocycles. The van der Waals surface area contributed by atoms with Crippen LogP contribution >= 0.6 is 0 Å². The van der Waals surface area contributed by atoms with E-state index in [1.165, 1.54) is 12.0 Å². The van der Waals surface area contributed by atoms with E-state index in [0.29, 0.717) is 17.9 Å². The van der Waals surface area contributed by atoms with Gasteiger partial charge in [0.1, 0.15) is 17.4 Å². The molecule has 4 nitrogen and oxygen atoms in total. The number of unbranched alkanes of at least 4 members (excludes halogenated alkanes) is 1. The Morgan fingerprint density at radius 2 is 1.89 bits per heavy atom. The minimum atomic E-state index is 0.200. The predicted molar refractivity (Wildman–Crippen MR) is 112 cm³/mol. The number of nitrogens with zero attached hydrogens (tertiary/aromatic N) is 1. The third-order valence-electron chi connectivity index (χ3n) is 4.59. The van der Waals surface area contributed by atoms with Gasteiger partial charge in [0.15, 0.2) is 0 Å². The van der Waals surface area contributed by atoms with Gasteiger partial charge >= 0.3 is 0 Å². The van der Waals surface area contributed by atoms with Crippen molar-refractivity contribution >= 4 is 5.69 Å². The molecule has 4 heteroatoms. The molecule has 0 heterocycles. The topological polar surface area (TPSA) is 57.1 Å². The number of anilines is 1. The Labute approximate surface area is 163 Å². The second kappa shape index (κ2) is 11.3. The quantitative estimate of drug-likeness (QED) is 0.546. The molecule has 0 aliphatic rings. The number of rotatable bonds is 11. The largest absolute Gasteiger partial charge is 0.492 e. The summed E-state index contributed by atoms with van der Waals surface area (Å²) in [4.78, 5) is 0. The summed E-state index contributed by atoms with van der Waals surface area (Å²) in [6.07, 6.45) is 3.42. The number of ether oxygens (including phenoxy) is 1. The van der Waals surface area contributed by atoms with Gasteiger partial charge in [0, 0.05) is 12.6 Å². The summed E-state index contributed by atoms with van der Waals surface area (Å²) in [5.41, 5.74) is 3.96. The van der Waals surface area contributed by atoms with Crippen LogP contribution in [0.15, 0.2) is 42.5 Å². The molecule has 0 saturated carbocycles. The van der Waals surface area contributed by atoms with E-state index in [1.54, 1.807) is 0 Å². The molecule has 1 atom stereocenters. The van der Waals surface area contributed by atoms with E-state index in [0.717, 1.165) is 37.2 Å². The molecule has 0 amide bonds. The first-order valence-electron chi connectivity index (χ1n) is 9.91. The highest BCUT2D eigenvalue weighted by Gasteiger charge is 2.14. The SMILES string of the molecule is CCNc1cc(C(C)NCCCCc2ccccc2)cc(OCC)c1C#N. The molecule has 0 aliphatic carbocycles. The summed E-state index contributed by atoms with van der Waals surface area (Å²) in [5, 5.41) is 16.4. The third-order valence-corrected chi connectivity index (χ3v) is 4.59. The summed E-state index contributed by atoms with van der Waals surface area (Å²) in [7, 11) is 0. The highest BCUT2D eigenvalue weighted by molar-refractivity contribution is 5.65. The summed E-state index contributed by atoms with van der Waals surface area (Å²) in [6, 6.07) is 17.1. The predicted octanol–water partition coefficient (Wildman–Crippen LogP) is 5.06. The van der Waals surface area contributed by atoms with Crippen molar-refractivity contribution in [1.82, 2.24) is 5.32 Å². The van der Waals surface area contributed by atoms with Gasteiger partial charge in [-0.15, -0.1) is 0 Å². The van der Waals surface area contributed by atoms with Crippen LogP contribution in [0, 0.1) is 11.3 Å². The molecular formula is C23H31N3O. The van der Waals surface area contributed by atoms with Crippen molar-refractivity contribution in [3.63, 3.8) is 0 Å². The molecule has 0 bridgehead atoms. The number of benzene rings is 2. The molecule has 0 spiro atoms. The molecule has 0 radical (unpaired) electrons. The Hall–Kier alpha value is -2.51. The molecule has 2 rings (SSSR count). The first-order chi connectivity index (χ1) is 13.2. The first-order valence-corrected chi connectivity index (χ1v) is 9.91. The number of aryl methyl sites for hydroxylation is 1. The molecule has 27 heavy (non-hydrogen) atoms. The van der Waals surface area contributed by atoms with Crippen LogP contribution in [0.1, 0.15) is 56.3 Å². The molecule has 2 aromatic rings. The lowest BCUT2D eigenvalue weighted by Crippen LogP contribution is -2.20. The van der Waals surface area contributed by atoms with Crippen LogP contribution in [0.25, 0.3) is 0 Å². The smallest absolute Gasteiger partial charge is 0.139 e. The van der Waals surface area contributed by atoms with Gasteiger partial charge in [0.25, 0.3) is 0 Å². The average Bonchev–Trinajstić information content (AvgIpc) is 2.68. The lowest BCUT2D eigenvalue weighted by atomic mass is 10.0. The second-order valence-corrected chi connectivity index (χ2v) is 6.64. The van der Waals surface area contributed by atoms with Gasteiger partial charge in [-0.25, -0.2) is 0 Å². The summed E-state index contributed by atoms with van der Waals surface area (Å²) < 4.78 is 5.71. The maximum Gasteiger partial charge on any atom is 0.139 e. The van der Waals surface area contributed by atoms with Crippen LogP contribution in [0.2, 0.25) is 0 Å². The van der Waals surface area contributed by atoms with Gasteiger partial charge in [-0.1, -0.05) is 30.3 Å². The standard InChI is InChI=1S/C23H31N3O/c1-4-25-22-15-20(16-23(27-5-2)21(22)17-24)18(3)26-14-10-9-13-19-11-7-6-8-12-19/h6-8,11-12,15-16,18,25-26H,4-5,9-10,13-14H2,1-3H3. The Balaban J connectivity index is 1.94. The fourth-order valence-corrected chi connectivity index (χ4v) is 3.14. The molecule has 144 valence electrons. The van der Waals surface area contributed by atoms with Crippen molar-refractivity contribution in [3.8, 4) is 11.8 Å². The second-order valence-electron chi connectivity index (χ2n) is 6.64. The molecule has 1 unspecified atom stereocenters. The van der Waals surface area contributed by atoms with Gasteiger partial charge in [0.05, 0.1) is 12.3 Å². The Kier molecular flexibility index (Phi) is 8.67. The lowest BCUT2D eigenvalue weighted by Gasteiger charge is -2.19. The van der Waals surface area contributed by atoms with E-state index in [-0.39, 0.29) is 6.04 Å². The number of nitrogens with one attached hydrogen (secondary N) is 2.